The Hall–Kier alpha value is -2.92. The van der Waals surface area contributed by atoms with Crippen LogP contribution >= 0.6 is 15.9 Å². The van der Waals surface area contributed by atoms with Crippen LogP contribution in [0.3, 0.4) is 0 Å². The standard InChI is InChI=1S/C27H29BrN2O2/c1-20(2)29-27(32)25(17-21-10-5-3-6-11-21)30(19-23-14-9-15-24(28)16-23)26(31)18-22-12-7-4-8-13-22/h3-16,20,25H,17-19H2,1-2H3,(H,29,32). The Morgan fingerprint density at radius 1 is 0.844 bits per heavy atom. The van der Waals surface area contributed by atoms with E-state index in [4.69, 9.17) is 0 Å². The summed E-state index contributed by atoms with van der Waals surface area (Å²) in [6, 6.07) is 26.7. The highest BCUT2D eigenvalue weighted by atomic mass is 79.9. The summed E-state index contributed by atoms with van der Waals surface area (Å²) in [7, 11) is 0. The minimum atomic E-state index is -0.616. The zero-order valence-electron chi connectivity index (χ0n) is 18.5. The molecule has 3 aromatic rings. The normalized spacial score (nSPS) is 11.8. The predicted octanol–water partition coefficient (Wildman–Crippen LogP) is 5.16. The van der Waals surface area contributed by atoms with Crippen molar-refractivity contribution in [1.29, 1.82) is 0 Å². The largest absolute Gasteiger partial charge is 0.352 e. The van der Waals surface area contributed by atoms with Gasteiger partial charge < -0.3 is 10.2 Å². The number of rotatable bonds is 9. The molecule has 1 unspecified atom stereocenters. The second kappa shape index (κ2) is 11.6. The van der Waals surface area contributed by atoms with Crippen LogP contribution in [0.15, 0.2) is 89.4 Å². The molecule has 5 heteroatoms. The highest BCUT2D eigenvalue weighted by molar-refractivity contribution is 9.10. The third kappa shape index (κ3) is 7.06. The molecule has 0 aliphatic rings. The second-order valence-electron chi connectivity index (χ2n) is 8.18. The minimum Gasteiger partial charge on any atom is -0.352 e. The molecule has 32 heavy (non-hydrogen) atoms. The Morgan fingerprint density at radius 3 is 2.03 bits per heavy atom. The maximum Gasteiger partial charge on any atom is 0.243 e. The van der Waals surface area contributed by atoms with E-state index in [2.05, 4.69) is 21.2 Å². The van der Waals surface area contributed by atoms with Gasteiger partial charge in [0.15, 0.2) is 0 Å². The number of nitrogens with one attached hydrogen (secondary N) is 1. The molecule has 3 aromatic carbocycles. The van der Waals surface area contributed by atoms with E-state index in [9.17, 15) is 9.59 Å². The molecule has 0 fully saturated rings. The van der Waals surface area contributed by atoms with E-state index in [1.807, 2.05) is 98.8 Å². The van der Waals surface area contributed by atoms with Crippen molar-refractivity contribution in [2.45, 2.75) is 45.3 Å². The highest BCUT2D eigenvalue weighted by Gasteiger charge is 2.30. The first-order chi connectivity index (χ1) is 15.4. The summed E-state index contributed by atoms with van der Waals surface area (Å²) in [6.45, 7) is 4.22. The maximum absolute atomic E-state index is 13.6. The van der Waals surface area contributed by atoms with Gasteiger partial charge in [-0.05, 0) is 42.7 Å². The molecule has 166 valence electrons. The van der Waals surface area contributed by atoms with Gasteiger partial charge in [0.25, 0.3) is 0 Å². The Morgan fingerprint density at radius 2 is 1.44 bits per heavy atom. The van der Waals surface area contributed by atoms with Crippen LogP contribution in [0.5, 0.6) is 0 Å². The van der Waals surface area contributed by atoms with Crippen molar-refractivity contribution in [3.8, 4) is 0 Å². The fourth-order valence-electron chi connectivity index (χ4n) is 3.64. The predicted molar refractivity (Wildman–Crippen MR) is 132 cm³/mol. The van der Waals surface area contributed by atoms with Gasteiger partial charge in [-0.1, -0.05) is 88.7 Å². The number of carbonyl (C=O) groups excluding carboxylic acids is 2. The molecule has 0 aromatic heterocycles. The topological polar surface area (TPSA) is 49.4 Å². The Labute approximate surface area is 198 Å². The summed E-state index contributed by atoms with van der Waals surface area (Å²) in [6.07, 6.45) is 0.697. The van der Waals surface area contributed by atoms with E-state index in [1.165, 1.54) is 0 Å². The third-order valence-electron chi connectivity index (χ3n) is 5.14. The lowest BCUT2D eigenvalue weighted by Gasteiger charge is -2.32. The van der Waals surface area contributed by atoms with Crippen LogP contribution < -0.4 is 5.32 Å². The van der Waals surface area contributed by atoms with Crippen molar-refractivity contribution in [2.75, 3.05) is 0 Å². The Kier molecular flexibility index (Phi) is 8.63. The fourth-order valence-corrected chi connectivity index (χ4v) is 4.09. The zero-order valence-corrected chi connectivity index (χ0v) is 20.1. The van der Waals surface area contributed by atoms with Crippen molar-refractivity contribution >= 4 is 27.7 Å². The molecule has 1 N–H and O–H groups in total. The second-order valence-corrected chi connectivity index (χ2v) is 9.10. The monoisotopic (exact) mass is 492 g/mol. The van der Waals surface area contributed by atoms with Crippen LogP contribution in [0.25, 0.3) is 0 Å². The molecular weight excluding hydrogens is 464 g/mol. The van der Waals surface area contributed by atoms with Crippen LogP contribution in [0.2, 0.25) is 0 Å². The molecule has 2 amide bonds. The molecule has 0 bridgehead atoms. The Balaban J connectivity index is 1.96. The lowest BCUT2D eigenvalue weighted by atomic mass is 10.0. The summed E-state index contributed by atoms with van der Waals surface area (Å²) in [5.41, 5.74) is 2.92. The van der Waals surface area contributed by atoms with Gasteiger partial charge in [0.2, 0.25) is 11.8 Å². The van der Waals surface area contributed by atoms with Gasteiger partial charge in [-0.15, -0.1) is 0 Å². The molecule has 3 rings (SSSR count). The van der Waals surface area contributed by atoms with Crippen molar-refractivity contribution in [3.05, 3.63) is 106 Å². The number of hydrogen-bond donors (Lipinski definition) is 1. The van der Waals surface area contributed by atoms with Crippen LogP contribution in [0, 0.1) is 0 Å². The summed E-state index contributed by atoms with van der Waals surface area (Å²) >= 11 is 3.51. The van der Waals surface area contributed by atoms with Crippen LogP contribution in [0.4, 0.5) is 0 Å². The highest BCUT2D eigenvalue weighted by Crippen LogP contribution is 2.19. The molecule has 4 nitrogen and oxygen atoms in total. The lowest BCUT2D eigenvalue weighted by Crippen LogP contribution is -2.52. The molecule has 0 aliphatic carbocycles. The smallest absolute Gasteiger partial charge is 0.243 e. The van der Waals surface area contributed by atoms with Gasteiger partial charge in [-0.25, -0.2) is 0 Å². The van der Waals surface area contributed by atoms with E-state index < -0.39 is 6.04 Å². The number of hydrogen-bond acceptors (Lipinski definition) is 2. The van der Waals surface area contributed by atoms with E-state index in [0.717, 1.165) is 21.2 Å². The van der Waals surface area contributed by atoms with Gasteiger partial charge in [0.1, 0.15) is 6.04 Å². The van der Waals surface area contributed by atoms with Gasteiger partial charge in [0.05, 0.1) is 6.42 Å². The van der Waals surface area contributed by atoms with E-state index in [-0.39, 0.29) is 24.3 Å². The summed E-state index contributed by atoms with van der Waals surface area (Å²) in [4.78, 5) is 28.6. The first kappa shape index (κ1) is 23.7. The number of nitrogens with zero attached hydrogens (tertiary/aromatic N) is 1. The molecule has 0 aliphatic heterocycles. The summed E-state index contributed by atoms with van der Waals surface area (Å²) in [5, 5.41) is 3.02. The minimum absolute atomic E-state index is 0.0160. The van der Waals surface area contributed by atoms with E-state index in [0.29, 0.717) is 13.0 Å². The van der Waals surface area contributed by atoms with E-state index >= 15 is 0 Å². The van der Waals surface area contributed by atoms with Gasteiger partial charge >= 0.3 is 0 Å². The molecule has 1 atom stereocenters. The SMILES string of the molecule is CC(C)NC(=O)C(Cc1ccccc1)N(Cc1cccc(Br)c1)C(=O)Cc1ccccc1. The number of benzene rings is 3. The first-order valence-corrected chi connectivity index (χ1v) is 11.6. The average Bonchev–Trinajstić information content (AvgIpc) is 2.77. The molecule has 0 saturated heterocycles. The zero-order chi connectivity index (χ0) is 22.9. The molecule has 0 heterocycles. The van der Waals surface area contributed by atoms with Gasteiger partial charge in [-0.3, -0.25) is 9.59 Å². The van der Waals surface area contributed by atoms with Crippen molar-refractivity contribution in [1.82, 2.24) is 10.2 Å². The molecular formula is C27H29BrN2O2. The summed E-state index contributed by atoms with van der Waals surface area (Å²) in [5.74, 6) is -0.212. The molecule has 0 spiro atoms. The molecule has 0 radical (unpaired) electrons. The van der Waals surface area contributed by atoms with Crippen LogP contribution in [0.1, 0.15) is 30.5 Å². The van der Waals surface area contributed by atoms with E-state index in [1.54, 1.807) is 4.90 Å². The first-order valence-electron chi connectivity index (χ1n) is 10.8. The van der Waals surface area contributed by atoms with Gasteiger partial charge in [-0.2, -0.15) is 0 Å². The average molecular weight is 493 g/mol. The Bertz CT molecular complexity index is 1020. The van der Waals surface area contributed by atoms with Crippen molar-refractivity contribution in [3.63, 3.8) is 0 Å². The lowest BCUT2D eigenvalue weighted by molar-refractivity contribution is -0.141. The van der Waals surface area contributed by atoms with Crippen LogP contribution in [-0.2, 0) is 29.0 Å². The van der Waals surface area contributed by atoms with Crippen LogP contribution in [-0.4, -0.2) is 28.8 Å². The van der Waals surface area contributed by atoms with Crippen molar-refractivity contribution in [2.24, 2.45) is 0 Å². The third-order valence-corrected chi connectivity index (χ3v) is 5.64. The number of halogens is 1. The maximum atomic E-state index is 13.6. The number of carbonyl (C=O) groups is 2. The van der Waals surface area contributed by atoms with Crippen molar-refractivity contribution < 1.29 is 9.59 Å². The quantitative estimate of drug-likeness (QED) is 0.448. The molecule has 0 saturated carbocycles. The fraction of sp³-hybridized carbons (Fsp3) is 0.259. The number of amides is 2. The summed E-state index contributed by atoms with van der Waals surface area (Å²) < 4.78 is 0.941. The van der Waals surface area contributed by atoms with Gasteiger partial charge in [0, 0.05) is 23.5 Å².